The zero-order chi connectivity index (χ0) is 21.8. The number of halogens is 3. The van der Waals surface area contributed by atoms with Crippen molar-refractivity contribution >= 4 is 5.91 Å². The van der Waals surface area contributed by atoms with E-state index in [1.165, 1.54) is 37.7 Å². The van der Waals surface area contributed by atoms with Crippen molar-refractivity contribution < 1.29 is 22.7 Å². The van der Waals surface area contributed by atoms with Crippen LogP contribution in [-0.4, -0.2) is 40.5 Å². The summed E-state index contributed by atoms with van der Waals surface area (Å²) in [7, 11) is 0. The summed E-state index contributed by atoms with van der Waals surface area (Å²) in [4.78, 5) is 23.3. The molecule has 0 N–H and O–H groups in total. The lowest BCUT2D eigenvalue weighted by Crippen LogP contribution is -2.43. The van der Waals surface area contributed by atoms with Crippen LogP contribution in [0.3, 0.4) is 0 Å². The maximum Gasteiger partial charge on any atom is 0.416 e. The molecule has 2 fully saturated rings. The van der Waals surface area contributed by atoms with Gasteiger partial charge in [-0.15, -0.1) is 0 Å². The highest BCUT2D eigenvalue weighted by molar-refractivity contribution is 5.76. The first kappa shape index (κ1) is 21.7. The second-order valence-electron chi connectivity index (χ2n) is 8.28. The Morgan fingerprint density at radius 3 is 2.68 bits per heavy atom. The highest BCUT2D eigenvalue weighted by Crippen LogP contribution is 2.34. The highest BCUT2D eigenvalue weighted by Gasteiger charge is 2.32. The van der Waals surface area contributed by atoms with E-state index in [1.807, 2.05) is 0 Å². The molecule has 1 aliphatic heterocycles. The number of nitrogens with zero attached hydrogens (tertiary/aromatic N) is 3. The number of benzene rings is 1. The molecule has 1 atom stereocenters. The number of hydrogen-bond acceptors (Lipinski definition) is 4. The van der Waals surface area contributed by atoms with Crippen LogP contribution in [0, 0.1) is 5.92 Å². The average molecular weight is 433 g/mol. The van der Waals surface area contributed by atoms with Gasteiger partial charge in [0.05, 0.1) is 30.1 Å². The van der Waals surface area contributed by atoms with Crippen LogP contribution >= 0.6 is 0 Å². The Bertz CT molecular complexity index is 913. The second kappa shape index (κ2) is 9.34. The van der Waals surface area contributed by atoms with Gasteiger partial charge in [-0.2, -0.15) is 13.2 Å². The number of ether oxygens (including phenoxy) is 1. The van der Waals surface area contributed by atoms with Crippen LogP contribution in [0.25, 0.3) is 11.3 Å². The van der Waals surface area contributed by atoms with Gasteiger partial charge < -0.3 is 9.64 Å². The van der Waals surface area contributed by atoms with E-state index in [0.717, 1.165) is 25.0 Å². The molecule has 1 aromatic carbocycles. The van der Waals surface area contributed by atoms with Gasteiger partial charge in [-0.05, 0) is 30.9 Å². The summed E-state index contributed by atoms with van der Waals surface area (Å²) < 4.78 is 45.4. The number of amides is 1. The number of morpholine rings is 1. The Labute approximate surface area is 179 Å². The summed E-state index contributed by atoms with van der Waals surface area (Å²) >= 11 is 0. The normalized spacial score (nSPS) is 20.6. The summed E-state index contributed by atoms with van der Waals surface area (Å²) in [5.74, 6) is 0.560. The van der Waals surface area contributed by atoms with Gasteiger partial charge in [0.15, 0.2) is 0 Å². The molecule has 0 unspecified atom stereocenters. The monoisotopic (exact) mass is 433 g/mol. The van der Waals surface area contributed by atoms with Gasteiger partial charge in [0.2, 0.25) is 5.91 Å². The van der Waals surface area contributed by atoms with Crippen LogP contribution < -0.4 is 0 Å². The third-order valence-corrected chi connectivity index (χ3v) is 6.10. The summed E-state index contributed by atoms with van der Waals surface area (Å²) in [6.45, 7) is 1.21. The zero-order valence-electron chi connectivity index (χ0n) is 17.3. The summed E-state index contributed by atoms with van der Waals surface area (Å²) in [5, 5.41) is 0. The smallest absolute Gasteiger partial charge is 0.368 e. The quantitative estimate of drug-likeness (QED) is 0.679. The molecule has 1 saturated heterocycles. The molecule has 0 radical (unpaired) electrons. The Kier molecular flexibility index (Phi) is 6.55. The molecule has 1 saturated carbocycles. The molecule has 0 bridgehead atoms. The average Bonchev–Trinajstić information content (AvgIpc) is 2.79. The first-order valence-electron chi connectivity index (χ1n) is 10.8. The van der Waals surface area contributed by atoms with Crippen LogP contribution in [0.2, 0.25) is 0 Å². The van der Waals surface area contributed by atoms with Crippen molar-refractivity contribution in [2.45, 2.75) is 50.8 Å². The van der Waals surface area contributed by atoms with Gasteiger partial charge in [-0.1, -0.05) is 31.4 Å². The van der Waals surface area contributed by atoms with Gasteiger partial charge >= 0.3 is 6.18 Å². The third kappa shape index (κ3) is 5.23. The van der Waals surface area contributed by atoms with Crippen molar-refractivity contribution in [3.8, 4) is 11.3 Å². The molecule has 1 aliphatic carbocycles. The van der Waals surface area contributed by atoms with E-state index in [2.05, 4.69) is 9.97 Å². The molecular weight excluding hydrogens is 407 g/mol. The first-order valence-corrected chi connectivity index (χ1v) is 10.8. The number of alkyl halides is 3. The topological polar surface area (TPSA) is 55.3 Å². The molecule has 2 aliphatic rings. The molecule has 8 heteroatoms. The molecule has 1 amide bonds. The number of carbonyl (C=O) groups excluding carboxylic acids is 1. The fourth-order valence-electron chi connectivity index (χ4n) is 4.46. The molecule has 5 nitrogen and oxygen atoms in total. The van der Waals surface area contributed by atoms with Crippen molar-refractivity contribution in [2.24, 2.45) is 5.92 Å². The van der Waals surface area contributed by atoms with Gasteiger partial charge in [0.25, 0.3) is 0 Å². The molecule has 4 rings (SSSR count). The minimum Gasteiger partial charge on any atom is -0.368 e. The largest absolute Gasteiger partial charge is 0.416 e. The summed E-state index contributed by atoms with van der Waals surface area (Å²) in [6.07, 6.45) is 4.35. The van der Waals surface area contributed by atoms with Crippen molar-refractivity contribution in [1.82, 2.24) is 14.9 Å². The predicted molar refractivity (Wildman–Crippen MR) is 109 cm³/mol. The summed E-state index contributed by atoms with van der Waals surface area (Å²) in [5.41, 5.74) is 0.389. The van der Waals surface area contributed by atoms with E-state index in [-0.39, 0.29) is 5.91 Å². The Morgan fingerprint density at radius 1 is 1.13 bits per heavy atom. The fourth-order valence-corrected chi connectivity index (χ4v) is 4.46. The predicted octanol–water partition coefficient (Wildman–Crippen LogP) is 5.03. The van der Waals surface area contributed by atoms with Crippen molar-refractivity contribution in [2.75, 3.05) is 19.7 Å². The van der Waals surface area contributed by atoms with Crippen LogP contribution in [-0.2, 0) is 15.7 Å². The van der Waals surface area contributed by atoms with Crippen LogP contribution in [0.1, 0.15) is 55.9 Å². The standard InChI is InChI=1S/C23H26F3N3O2/c24-23(25,26)18-8-4-7-17(14-18)21-22(28-10-9-27-21)19-15-29(11-12-31-19)20(30)13-16-5-2-1-3-6-16/h4,7-10,14,16,19H,1-3,5-6,11-13,15H2/t19-/m1/s1. The highest BCUT2D eigenvalue weighted by atomic mass is 19.4. The third-order valence-electron chi connectivity index (χ3n) is 6.10. The number of rotatable bonds is 4. The van der Waals surface area contributed by atoms with E-state index in [0.29, 0.717) is 49.0 Å². The maximum absolute atomic E-state index is 13.2. The van der Waals surface area contributed by atoms with E-state index < -0.39 is 17.8 Å². The lowest BCUT2D eigenvalue weighted by atomic mass is 9.86. The van der Waals surface area contributed by atoms with E-state index in [4.69, 9.17) is 4.74 Å². The van der Waals surface area contributed by atoms with Crippen molar-refractivity contribution in [3.63, 3.8) is 0 Å². The van der Waals surface area contributed by atoms with Gasteiger partial charge in [-0.3, -0.25) is 14.8 Å². The van der Waals surface area contributed by atoms with Crippen LogP contribution in [0.4, 0.5) is 13.2 Å². The lowest BCUT2D eigenvalue weighted by molar-refractivity contribution is -0.140. The minimum absolute atomic E-state index is 0.115. The second-order valence-corrected chi connectivity index (χ2v) is 8.28. The zero-order valence-corrected chi connectivity index (χ0v) is 17.3. The number of aromatic nitrogens is 2. The van der Waals surface area contributed by atoms with Crippen molar-refractivity contribution in [3.05, 3.63) is 47.9 Å². The number of carbonyl (C=O) groups is 1. The summed E-state index contributed by atoms with van der Waals surface area (Å²) in [6, 6.07) is 5.04. The molecule has 166 valence electrons. The molecule has 2 heterocycles. The number of hydrogen-bond donors (Lipinski definition) is 0. The molecular formula is C23H26F3N3O2. The van der Waals surface area contributed by atoms with Crippen molar-refractivity contribution in [1.29, 1.82) is 0 Å². The molecule has 1 aromatic heterocycles. The molecule has 0 spiro atoms. The Hall–Kier alpha value is -2.48. The minimum atomic E-state index is -4.44. The SMILES string of the molecule is O=C(CC1CCCCC1)N1CCO[C@@H](c2nccnc2-c2cccc(C(F)(F)F)c2)C1. The maximum atomic E-state index is 13.2. The Morgan fingerprint density at radius 2 is 1.90 bits per heavy atom. The van der Waals surface area contributed by atoms with E-state index in [1.54, 1.807) is 11.0 Å². The fraction of sp³-hybridized carbons (Fsp3) is 0.522. The van der Waals surface area contributed by atoms with Crippen LogP contribution in [0.5, 0.6) is 0 Å². The Balaban J connectivity index is 1.53. The van der Waals surface area contributed by atoms with E-state index >= 15 is 0 Å². The van der Waals surface area contributed by atoms with E-state index in [9.17, 15) is 18.0 Å². The lowest BCUT2D eigenvalue weighted by Gasteiger charge is -2.34. The first-order chi connectivity index (χ1) is 14.9. The van der Waals surface area contributed by atoms with Gasteiger partial charge in [-0.25, -0.2) is 0 Å². The van der Waals surface area contributed by atoms with Gasteiger partial charge in [0, 0.05) is 30.9 Å². The molecule has 2 aromatic rings. The van der Waals surface area contributed by atoms with Gasteiger partial charge in [0.1, 0.15) is 6.10 Å². The molecule has 31 heavy (non-hydrogen) atoms. The van der Waals surface area contributed by atoms with Crippen LogP contribution in [0.15, 0.2) is 36.7 Å².